The second kappa shape index (κ2) is 6.54. The quantitative estimate of drug-likeness (QED) is 0.774. The SMILES string of the molecule is CCOC(=O)C1CCCN(c2cc(N(C)C)ncn2)C1. The fourth-order valence-electron chi connectivity index (χ4n) is 2.39. The van der Waals surface area contributed by atoms with Crippen LogP contribution in [0.5, 0.6) is 0 Å². The molecule has 0 amide bonds. The van der Waals surface area contributed by atoms with Gasteiger partial charge in [-0.25, -0.2) is 9.97 Å². The smallest absolute Gasteiger partial charge is 0.310 e. The Labute approximate surface area is 119 Å². The molecule has 1 aromatic heterocycles. The lowest BCUT2D eigenvalue weighted by atomic mass is 9.98. The highest BCUT2D eigenvalue weighted by Gasteiger charge is 2.27. The van der Waals surface area contributed by atoms with Crippen molar-refractivity contribution >= 4 is 17.6 Å². The van der Waals surface area contributed by atoms with E-state index < -0.39 is 0 Å². The minimum absolute atomic E-state index is 0.0542. The molecule has 1 unspecified atom stereocenters. The lowest BCUT2D eigenvalue weighted by Gasteiger charge is -2.32. The molecule has 2 heterocycles. The number of aromatic nitrogens is 2. The molecule has 1 saturated heterocycles. The highest BCUT2D eigenvalue weighted by atomic mass is 16.5. The third kappa shape index (κ3) is 3.37. The van der Waals surface area contributed by atoms with E-state index in [0.717, 1.165) is 31.0 Å². The second-order valence-corrected chi connectivity index (χ2v) is 5.17. The van der Waals surface area contributed by atoms with Crippen molar-refractivity contribution in [1.29, 1.82) is 0 Å². The van der Waals surface area contributed by atoms with E-state index in [1.165, 1.54) is 0 Å². The van der Waals surface area contributed by atoms with Crippen molar-refractivity contribution in [3.05, 3.63) is 12.4 Å². The molecule has 1 atom stereocenters. The van der Waals surface area contributed by atoms with Crippen molar-refractivity contribution in [2.45, 2.75) is 19.8 Å². The first kappa shape index (κ1) is 14.6. The van der Waals surface area contributed by atoms with E-state index in [1.54, 1.807) is 6.33 Å². The lowest BCUT2D eigenvalue weighted by Crippen LogP contribution is -2.40. The molecule has 1 aromatic rings. The predicted octanol–water partition coefficient (Wildman–Crippen LogP) is 1.32. The van der Waals surface area contributed by atoms with Gasteiger partial charge in [0.1, 0.15) is 18.0 Å². The summed E-state index contributed by atoms with van der Waals surface area (Å²) in [6.07, 6.45) is 3.43. The van der Waals surface area contributed by atoms with Gasteiger partial charge in [-0.15, -0.1) is 0 Å². The molecule has 0 aliphatic carbocycles. The Hall–Kier alpha value is -1.85. The Bertz CT molecular complexity index is 464. The van der Waals surface area contributed by atoms with Gasteiger partial charge in [0, 0.05) is 33.3 Å². The number of carbonyl (C=O) groups is 1. The van der Waals surface area contributed by atoms with Crippen LogP contribution in [0.2, 0.25) is 0 Å². The molecule has 110 valence electrons. The average Bonchev–Trinajstić information content (AvgIpc) is 2.48. The number of carbonyl (C=O) groups excluding carboxylic acids is 1. The molecule has 0 saturated carbocycles. The maximum absolute atomic E-state index is 11.9. The molecule has 1 aliphatic rings. The van der Waals surface area contributed by atoms with E-state index >= 15 is 0 Å². The Morgan fingerprint density at radius 3 is 3.00 bits per heavy atom. The summed E-state index contributed by atoms with van der Waals surface area (Å²) in [5, 5.41) is 0. The van der Waals surface area contributed by atoms with Crippen LogP contribution in [0.3, 0.4) is 0 Å². The topological polar surface area (TPSA) is 58.6 Å². The van der Waals surface area contributed by atoms with Crippen LogP contribution >= 0.6 is 0 Å². The van der Waals surface area contributed by atoms with Crippen molar-refractivity contribution in [3.8, 4) is 0 Å². The summed E-state index contributed by atoms with van der Waals surface area (Å²) in [6, 6.07) is 1.95. The molecule has 2 rings (SSSR count). The molecule has 1 fully saturated rings. The van der Waals surface area contributed by atoms with E-state index in [1.807, 2.05) is 32.0 Å². The lowest BCUT2D eigenvalue weighted by molar-refractivity contribution is -0.148. The first-order valence-corrected chi connectivity index (χ1v) is 7.02. The number of nitrogens with zero attached hydrogens (tertiary/aromatic N) is 4. The number of rotatable bonds is 4. The Morgan fingerprint density at radius 1 is 1.50 bits per heavy atom. The maximum atomic E-state index is 11.9. The molecule has 6 heteroatoms. The monoisotopic (exact) mass is 278 g/mol. The van der Waals surface area contributed by atoms with Crippen LogP contribution < -0.4 is 9.80 Å². The van der Waals surface area contributed by atoms with E-state index in [-0.39, 0.29) is 11.9 Å². The van der Waals surface area contributed by atoms with E-state index in [2.05, 4.69) is 14.9 Å². The molecule has 0 bridgehead atoms. The zero-order valence-electron chi connectivity index (χ0n) is 12.4. The Morgan fingerprint density at radius 2 is 2.30 bits per heavy atom. The molecule has 0 radical (unpaired) electrons. The Balaban J connectivity index is 2.08. The minimum Gasteiger partial charge on any atom is -0.466 e. The van der Waals surface area contributed by atoms with E-state index in [4.69, 9.17) is 4.74 Å². The molecule has 0 N–H and O–H groups in total. The standard InChI is InChI=1S/C14H22N4O2/c1-4-20-14(19)11-6-5-7-18(9-11)13-8-12(17(2)3)15-10-16-13/h8,10-11H,4-7,9H2,1-3H3. The summed E-state index contributed by atoms with van der Waals surface area (Å²) < 4.78 is 5.12. The first-order valence-electron chi connectivity index (χ1n) is 7.02. The third-order valence-corrected chi connectivity index (χ3v) is 3.46. The summed E-state index contributed by atoms with van der Waals surface area (Å²) in [6.45, 7) is 3.86. The number of anilines is 2. The number of hydrogen-bond acceptors (Lipinski definition) is 6. The van der Waals surface area contributed by atoms with Gasteiger partial charge in [0.05, 0.1) is 12.5 Å². The molecule has 6 nitrogen and oxygen atoms in total. The summed E-state index contributed by atoms with van der Waals surface area (Å²) in [5.74, 6) is 1.59. The number of hydrogen-bond donors (Lipinski definition) is 0. The van der Waals surface area contributed by atoms with Crippen molar-refractivity contribution in [2.75, 3.05) is 43.6 Å². The van der Waals surface area contributed by atoms with Crippen LogP contribution in [0.15, 0.2) is 12.4 Å². The summed E-state index contributed by atoms with van der Waals surface area (Å²) >= 11 is 0. The predicted molar refractivity (Wildman–Crippen MR) is 77.9 cm³/mol. The van der Waals surface area contributed by atoms with Crippen molar-refractivity contribution < 1.29 is 9.53 Å². The van der Waals surface area contributed by atoms with Gasteiger partial charge >= 0.3 is 5.97 Å². The fraction of sp³-hybridized carbons (Fsp3) is 0.643. The molecule has 0 spiro atoms. The van der Waals surface area contributed by atoms with E-state index in [9.17, 15) is 4.79 Å². The van der Waals surface area contributed by atoms with Crippen molar-refractivity contribution in [3.63, 3.8) is 0 Å². The molecular weight excluding hydrogens is 256 g/mol. The van der Waals surface area contributed by atoms with Gasteiger partial charge < -0.3 is 14.5 Å². The van der Waals surface area contributed by atoms with Gasteiger partial charge in [-0.2, -0.15) is 0 Å². The summed E-state index contributed by atoms with van der Waals surface area (Å²) in [7, 11) is 3.90. The van der Waals surface area contributed by atoms with Gasteiger partial charge in [-0.1, -0.05) is 0 Å². The molecule has 0 aromatic carbocycles. The van der Waals surface area contributed by atoms with Crippen molar-refractivity contribution in [1.82, 2.24) is 9.97 Å². The van der Waals surface area contributed by atoms with Gasteiger partial charge in [0.2, 0.25) is 0 Å². The van der Waals surface area contributed by atoms with E-state index in [0.29, 0.717) is 13.2 Å². The van der Waals surface area contributed by atoms with Gasteiger partial charge in [0.15, 0.2) is 0 Å². The molecule has 1 aliphatic heterocycles. The Kier molecular flexibility index (Phi) is 4.76. The number of piperidine rings is 1. The maximum Gasteiger partial charge on any atom is 0.310 e. The minimum atomic E-state index is -0.0981. The van der Waals surface area contributed by atoms with Gasteiger partial charge in [-0.3, -0.25) is 4.79 Å². The fourth-order valence-corrected chi connectivity index (χ4v) is 2.39. The largest absolute Gasteiger partial charge is 0.466 e. The molecule has 20 heavy (non-hydrogen) atoms. The number of esters is 1. The van der Waals surface area contributed by atoms with Crippen LogP contribution in [-0.2, 0) is 9.53 Å². The first-order chi connectivity index (χ1) is 9.61. The van der Waals surface area contributed by atoms with Crippen LogP contribution in [0.4, 0.5) is 11.6 Å². The van der Waals surface area contributed by atoms with Crippen LogP contribution in [0.25, 0.3) is 0 Å². The highest BCUT2D eigenvalue weighted by molar-refractivity contribution is 5.73. The number of ether oxygens (including phenoxy) is 1. The average molecular weight is 278 g/mol. The van der Waals surface area contributed by atoms with Gasteiger partial charge in [0.25, 0.3) is 0 Å². The zero-order chi connectivity index (χ0) is 14.5. The van der Waals surface area contributed by atoms with Crippen molar-refractivity contribution in [2.24, 2.45) is 5.92 Å². The van der Waals surface area contributed by atoms with Gasteiger partial charge in [-0.05, 0) is 19.8 Å². The highest BCUT2D eigenvalue weighted by Crippen LogP contribution is 2.24. The summed E-state index contributed by atoms with van der Waals surface area (Å²) in [5.41, 5.74) is 0. The molecular formula is C14H22N4O2. The third-order valence-electron chi connectivity index (χ3n) is 3.46. The normalized spacial score (nSPS) is 18.8. The second-order valence-electron chi connectivity index (χ2n) is 5.17. The zero-order valence-corrected chi connectivity index (χ0v) is 12.4. The van der Waals surface area contributed by atoms with Crippen LogP contribution in [-0.4, -0.2) is 49.7 Å². The summed E-state index contributed by atoms with van der Waals surface area (Å²) in [4.78, 5) is 24.5. The van der Waals surface area contributed by atoms with Crippen LogP contribution in [0, 0.1) is 5.92 Å². The van der Waals surface area contributed by atoms with Crippen LogP contribution in [0.1, 0.15) is 19.8 Å².